The molecule has 0 bridgehead atoms. The summed E-state index contributed by atoms with van der Waals surface area (Å²) >= 11 is 0. The molecule has 7 heteroatoms. The summed E-state index contributed by atoms with van der Waals surface area (Å²) in [5.41, 5.74) is 8.07. The lowest BCUT2D eigenvalue weighted by atomic mass is 10.3. The van der Waals surface area contributed by atoms with Gasteiger partial charge in [0.25, 0.3) is 5.91 Å². The number of anilines is 2. The molecule has 0 spiro atoms. The Bertz CT molecular complexity index is 731. The zero-order valence-electron chi connectivity index (χ0n) is 10.4. The van der Waals surface area contributed by atoms with E-state index in [1.807, 2.05) is 12.1 Å². The zero-order valence-corrected chi connectivity index (χ0v) is 10.4. The Labute approximate surface area is 114 Å². The van der Waals surface area contributed by atoms with Gasteiger partial charge in [0.15, 0.2) is 5.69 Å². The molecule has 0 aliphatic heterocycles. The van der Waals surface area contributed by atoms with Crippen molar-refractivity contribution in [3.8, 4) is 5.69 Å². The van der Waals surface area contributed by atoms with Crippen molar-refractivity contribution in [2.24, 2.45) is 0 Å². The molecular weight excluding hydrogens is 256 g/mol. The molecule has 0 aliphatic rings. The van der Waals surface area contributed by atoms with Crippen LogP contribution < -0.4 is 11.1 Å². The molecule has 3 aromatic rings. The van der Waals surface area contributed by atoms with Crippen molar-refractivity contribution in [2.45, 2.75) is 0 Å². The smallest absolute Gasteiger partial charge is 0.276 e. The predicted molar refractivity (Wildman–Crippen MR) is 74.5 cm³/mol. The largest absolute Gasteiger partial charge is 0.399 e. The van der Waals surface area contributed by atoms with Crippen LogP contribution in [-0.4, -0.2) is 25.9 Å². The lowest BCUT2D eigenvalue weighted by molar-refractivity contribution is 0.102. The lowest BCUT2D eigenvalue weighted by Gasteiger charge is -2.02. The second kappa shape index (κ2) is 4.88. The monoisotopic (exact) mass is 268 g/mol. The van der Waals surface area contributed by atoms with Crippen LogP contribution in [0.1, 0.15) is 10.5 Å². The van der Waals surface area contributed by atoms with Gasteiger partial charge in [-0.1, -0.05) is 6.07 Å². The van der Waals surface area contributed by atoms with E-state index in [4.69, 9.17) is 5.73 Å². The highest BCUT2D eigenvalue weighted by Crippen LogP contribution is 2.12. The number of aromatic amines is 1. The van der Waals surface area contributed by atoms with Crippen molar-refractivity contribution in [2.75, 3.05) is 11.1 Å². The Morgan fingerprint density at radius 1 is 1.35 bits per heavy atom. The standard InChI is InChI=1S/C13H12N6O/c14-9-2-1-3-11(6-9)19-5-4-12(18-19)13(20)17-10-7-15-16-8-10/h1-8H,14H2,(H,15,16)(H,17,20). The number of hydrogen-bond acceptors (Lipinski definition) is 4. The van der Waals surface area contributed by atoms with E-state index in [0.717, 1.165) is 5.69 Å². The number of nitrogen functional groups attached to an aromatic ring is 1. The first-order valence-electron chi connectivity index (χ1n) is 5.94. The number of rotatable bonds is 3. The van der Waals surface area contributed by atoms with Crippen LogP contribution in [0.15, 0.2) is 48.9 Å². The van der Waals surface area contributed by atoms with Gasteiger partial charge in [-0.05, 0) is 24.3 Å². The first-order chi connectivity index (χ1) is 9.72. The van der Waals surface area contributed by atoms with Gasteiger partial charge in [0.2, 0.25) is 0 Å². The number of aromatic nitrogens is 4. The van der Waals surface area contributed by atoms with Gasteiger partial charge in [0.05, 0.1) is 17.6 Å². The fraction of sp³-hybridized carbons (Fsp3) is 0. The summed E-state index contributed by atoms with van der Waals surface area (Å²) in [6.07, 6.45) is 4.82. The molecule has 2 aromatic heterocycles. The molecule has 100 valence electrons. The normalized spacial score (nSPS) is 10.4. The number of nitrogens with two attached hydrogens (primary N) is 1. The maximum Gasteiger partial charge on any atom is 0.276 e. The van der Waals surface area contributed by atoms with Gasteiger partial charge < -0.3 is 11.1 Å². The van der Waals surface area contributed by atoms with Crippen molar-refractivity contribution in [3.63, 3.8) is 0 Å². The summed E-state index contributed by atoms with van der Waals surface area (Å²) in [6.45, 7) is 0. The highest BCUT2D eigenvalue weighted by molar-refractivity contribution is 6.02. The molecule has 1 amide bonds. The molecule has 7 nitrogen and oxygen atoms in total. The summed E-state index contributed by atoms with van der Waals surface area (Å²) in [5.74, 6) is -0.297. The molecule has 0 fully saturated rings. The van der Waals surface area contributed by atoms with Crippen LogP contribution in [0.2, 0.25) is 0 Å². The minimum atomic E-state index is -0.297. The maximum absolute atomic E-state index is 12.0. The molecular formula is C13H12N6O. The first kappa shape index (κ1) is 12.0. The van der Waals surface area contributed by atoms with Crippen LogP contribution in [0.5, 0.6) is 0 Å². The Morgan fingerprint density at radius 2 is 2.25 bits per heavy atom. The third-order valence-electron chi connectivity index (χ3n) is 2.71. The number of carbonyl (C=O) groups excluding carboxylic acids is 1. The van der Waals surface area contributed by atoms with Crippen LogP contribution in [0.4, 0.5) is 11.4 Å². The average molecular weight is 268 g/mol. The summed E-state index contributed by atoms with van der Waals surface area (Å²) < 4.78 is 1.60. The third-order valence-corrected chi connectivity index (χ3v) is 2.71. The second-order valence-corrected chi connectivity index (χ2v) is 4.18. The molecule has 0 radical (unpaired) electrons. The topological polar surface area (TPSA) is 102 Å². The van der Waals surface area contributed by atoms with Crippen molar-refractivity contribution in [1.29, 1.82) is 0 Å². The molecule has 0 saturated heterocycles. The van der Waals surface area contributed by atoms with Gasteiger partial charge in [0, 0.05) is 18.1 Å². The van der Waals surface area contributed by atoms with E-state index in [2.05, 4.69) is 20.6 Å². The summed E-state index contributed by atoms with van der Waals surface area (Å²) in [4.78, 5) is 12.0. The zero-order chi connectivity index (χ0) is 13.9. The Morgan fingerprint density at radius 3 is 3.00 bits per heavy atom. The number of amides is 1. The van der Waals surface area contributed by atoms with Crippen LogP contribution >= 0.6 is 0 Å². The molecule has 0 atom stereocenters. The second-order valence-electron chi connectivity index (χ2n) is 4.18. The molecule has 0 aliphatic carbocycles. The Balaban J connectivity index is 1.81. The molecule has 2 heterocycles. The summed E-state index contributed by atoms with van der Waals surface area (Å²) in [6, 6.07) is 8.90. The summed E-state index contributed by atoms with van der Waals surface area (Å²) in [7, 11) is 0. The highest BCUT2D eigenvalue weighted by Gasteiger charge is 2.11. The van der Waals surface area contributed by atoms with E-state index < -0.39 is 0 Å². The quantitative estimate of drug-likeness (QED) is 0.625. The molecule has 4 N–H and O–H groups in total. The number of hydrogen-bond donors (Lipinski definition) is 3. The molecule has 0 saturated carbocycles. The summed E-state index contributed by atoms with van der Waals surface area (Å²) in [5, 5.41) is 13.3. The fourth-order valence-corrected chi connectivity index (χ4v) is 1.77. The molecule has 3 rings (SSSR count). The van der Waals surface area contributed by atoms with E-state index in [1.54, 1.807) is 35.3 Å². The number of carbonyl (C=O) groups is 1. The third kappa shape index (κ3) is 2.37. The Kier molecular flexibility index (Phi) is 2.92. The van der Waals surface area contributed by atoms with Crippen LogP contribution in [0, 0.1) is 0 Å². The minimum absolute atomic E-state index is 0.297. The van der Waals surface area contributed by atoms with Crippen molar-refractivity contribution < 1.29 is 4.79 Å². The fourth-order valence-electron chi connectivity index (χ4n) is 1.77. The number of nitrogens with one attached hydrogen (secondary N) is 2. The van der Waals surface area contributed by atoms with E-state index in [-0.39, 0.29) is 5.91 Å². The van der Waals surface area contributed by atoms with Gasteiger partial charge in [-0.3, -0.25) is 9.89 Å². The van der Waals surface area contributed by atoms with E-state index >= 15 is 0 Å². The van der Waals surface area contributed by atoms with Crippen molar-refractivity contribution >= 4 is 17.3 Å². The van der Waals surface area contributed by atoms with Crippen molar-refractivity contribution in [3.05, 3.63) is 54.6 Å². The van der Waals surface area contributed by atoms with Gasteiger partial charge in [-0.15, -0.1) is 0 Å². The average Bonchev–Trinajstić information content (AvgIpc) is 3.09. The van der Waals surface area contributed by atoms with Crippen LogP contribution in [0.25, 0.3) is 5.69 Å². The number of benzene rings is 1. The predicted octanol–water partition coefficient (Wildman–Crippen LogP) is 1.43. The highest BCUT2D eigenvalue weighted by atomic mass is 16.2. The SMILES string of the molecule is Nc1cccc(-n2ccc(C(=O)Nc3cn[nH]c3)n2)c1. The van der Waals surface area contributed by atoms with Crippen LogP contribution in [0.3, 0.4) is 0 Å². The van der Waals surface area contributed by atoms with Gasteiger partial charge >= 0.3 is 0 Å². The van der Waals surface area contributed by atoms with Gasteiger partial charge in [0.1, 0.15) is 0 Å². The first-order valence-corrected chi connectivity index (χ1v) is 5.94. The van der Waals surface area contributed by atoms with E-state index in [9.17, 15) is 4.79 Å². The van der Waals surface area contributed by atoms with Gasteiger partial charge in [-0.25, -0.2) is 4.68 Å². The molecule has 1 aromatic carbocycles. The minimum Gasteiger partial charge on any atom is -0.399 e. The van der Waals surface area contributed by atoms with Crippen molar-refractivity contribution in [1.82, 2.24) is 20.0 Å². The lowest BCUT2D eigenvalue weighted by Crippen LogP contribution is -2.12. The van der Waals surface area contributed by atoms with E-state index in [0.29, 0.717) is 17.1 Å². The Hall–Kier alpha value is -3.09. The number of nitrogens with zero attached hydrogens (tertiary/aromatic N) is 3. The molecule has 0 unspecified atom stereocenters. The molecule has 20 heavy (non-hydrogen) atoms. The van der Waals surface area contributed by atoms with E-state index in [1.165, 1.54) is 6.20 Å². The number of H-pyrrole nitrogens is 1. The maximum atomic E-state index is 12.0. The van der Waals surface area contributed by atoms with Gasteiger partial charge in [-0.2, -0.15) is 10.2 Å². The van der Waals surface area contributed by atoms with Crippen LogP contribution in [-0.2, 0) is 0 Å².